The lowest BCUT2D eigenvalue weighted by Crippen LogP contribution is -2.47. The molecule has 3 heterocycles. The van der Waals surface area contributed by atoms with Gasteiger partial charge in [0.25, 0.3) is 5.91 Å². The molecule has 1 unspecified atom stereocenters. The predicted octanol–water partition coefficient (Wildman–Crippen LogP) is 2.95. The number of phenolic OH excluding ortho intramolecular Hbond substituents is 2. The van der Waals surface area contributed by atoms with Gasteiger partial charge in [0.1, 0.15) is 29.8 Å². The van der Waals surface area contributed by atoms with Gasteiger partial charge < -0.3 is 39.6 Å². The number of rotatable bonds is 6. The van der Waals surface area contributed by atoms with Crippen LogP contribution in [-0.2, 0) is 30.3 Å². The molecule has 1 aromatic rings. The zero-order valence-electron chi connectivity index (χ0n) is 25.0. The van der Waals surface area contributed by atoms with E-state index >= 15 is 0 Å². The van der Waals surface area contributed by atoms with Gasteiger partial charge in [-0.1, -0.05) is 35.0 Å². The molecule has 0 spiro atoms. The molecule has 0 aliphatic carbocycles. The number of fused-ring (bicyclic) bond motifs is 1. The minimum Gasteiger partial charge on any atom is -0.507 e. The molecule has 3 N–H and O–H groups in total. The molecule has 2 atom stereocenters. The lowest BCUT2D eigenvalue weighted by atomic mass is 9.99. The highest BCUT2D eigenvalue weighted by Crippen LogP contribution is 2.37. The molecule has 0 saturated carbocycles. The molecule has 2 saturated heterocycles. The standard InChI is InChI=1S/C31H41ClN4O8/c1-21-7-5-9-23(42-19-27(39)36-15-11-33-12-16-36)10-6-8-22(34-43-20-28(40)35-13-3-2-4-14-35)17-24-29(31(41)44-21)25(37)18-26(38)30(24)32/h5-6,8-9,18,21,23,33,37-38H,2-4,7,10-17,19-20H2,1H3/b8-6+,9-5+,34-22+/t21?,23-/m1/s1. The first kappa shape index (κ1) is 33.3. The number of piperazine rings is 1. The number of likely N-dealkylation sites (tertiary alicyclic amines) is 1. The van der Waals surface area contributed by atoms with Crippen LogP contribution >= 0.6 is 11.6 Å². The van der Waals surface area contributed by atoms with E-state index in [1.54, 1.807) is 28.9 Å². The Morgan fingerprint density at radius 3 is 2.48 bits per heavy atom. The fourth-order valence-electron chi connectivity index (χ4n) is 5.22. The normalized spacial score (nSPS) is 24.1. The average Bonchev–Trinajstić information content (AvgIpc) is 3.02. The van der Waals surface area contributed by atoms with Gasteiger partial charge in [-0.3, -0.25) is 9.59 Å². The van der Waals surface area contributed by atoms with Crippen molar-refractivity contribution >= 4 is 35.1 Å². The molecule has 2 amide bonds. The number of piperidine rings is 1. The lowest BCUT2D eigenvalue weighted by Gasteiger charge is -2.27. The Bertz CT molecular complexity index is 1270. The number of amides is 2. The smallest absolute Gasteiger partial charge is 0.342 e. The number of hydrogen-bond donors (Lipinski definition) is 3. The monoisotopic (exact) mass is 632 g/mol. The number of phenols is 2. The second-order valence-electron chi connectivity index (χ2n) is 11.1. The second-order valence-corrected chi connectivity index (χ2v) is 11.4. The van der Waals surface area contributed by atoms with Gasteiger partial charge in [0.15, 0.2) is 6.61 Å². The van der Waals surface area contributed by atoms with Crippen molar-refractivity contribution in [3.63, 3.8) is 0 Å². The Hall–Kier alpha value is -3.61. The average molecular weight is 633 g/mol. The Labute approximate surface area is 262 Å². The molecular formula is C31H41ClN4O8. The molecular weight excluding hydrogens is 592 g/mol. The summed E-state index contributed by atoms with van der Waals surface area (Å²) in [6, 6.07) is 0.986. The fourth-order valence-corrected chi connectivity index (χ4v) is 5.44. The van der Waals surface area contributed by atoms with Crippen LogP contribution < -0.4 is 5.32 Å². The number of nitrogens with one attached hydrogen (secondary N) is 1. The molecule has 0 aromatic heterocycles. The Kier molecular flexibility index (Phi) is 12.5. The number of halogens is 1. The number of cyclic esters (lactones) is 1. The van der Waals surface area contributed by atoms with Crippen LogP contribution in [0.25, 0.3) is 0 Å². The van der Waals surface area contributed by atoms with Gasteiger partial charge in [0, 0.05) is 58.2 Å². The van der Waals surface area contributed by atoms with Gasteiger partial charge >= 0.3 is 5.97 Å². The number of ether oxygens (including phenoxy) is 2. The zero-order valence-corrected chi connectivity index (χ0v) is 25.8. The van der Waals surface area contributed by atoms with E-state index in [0.29, 0.717) is 39.0 Å². The van der Waals surface area contributed by atoms with Gasteiger partial charge in [0.2, 0.25) is 5.91 Å². The van der Waals surface area contributed by atoms with Crippen molar-refractivity contribution in [2.75, 3.05) is 52.5 Å². The van der Waals surface area contributed by atoms with E-state index in [4.69, 9.17) is 25.9 Å². The fraction of sp³-hybridized carbons (Fsp3) is 0.548. The number of aromatic hydroxyl groups is 2. The third-order valence-electron chi connectivity index (χ3n) is 7.66. The minimum atomic E-state index is -0.823. The maximum atomic E-state index is 13.2. The summed E-state index contributed by atoms with van der Waals surface area (Å²) in [5, 5.41) is 28.2. The summed E-state index contributed by atoms with van der Waals surface area (Å²) in [5.74, 6) is -2.01. The van der Waals surface area contributed by atoms with Crippen LogP contribution in [0.15, 0.2) is 35.5 Å². The largest absolute Gasteiger partial charge is 0.507 e. The Balaban J connectivity index is 1.57. The molecule has 0 bridgehead atoms. The topological polar surface area (TPSA) is 150 Å². The molecule has 2 fully saturated rings. The highest BCUT2D eigenvalue weighted by molar-refractivity contribution is 6.33. The third-order valence-corrected chi connectivity index (χ3v) is 8.08. The summed E-state index contributed by atoms with van der Waals surface area (Å²) >= 11 is 6.42. The number of nitrogens with zero attached hydrogens (tertiary/aromatic N) is 3. The van der Waals surface area contributed by atoms with Crippen molar-refractivity contribution in [2.45, 2.75) is 57.7 Å². The summed E-state index contributed by atoms with van der Waals surface area (Å²) in [6.45, 7) is 5.43. The van der Waals surface area contributed by atoms with Crippen LogP contribution in [0, 0.1) is 0 Å². The van der Waals surface area contributed by atoms with Crippen LogP contribution in [0.4, 0.5) is 0 Å². The molecule has 4 rings (SSSR count). The van der Waals surface area contributed by atoms with Gasteiger partial charge in [0.05, 0.1) is 16.8 Å². The van der Waals surface area contributed by atoms with Crippen molar-refractivity contribution in [2.24, 2.45) is 5.16 Å². The zero-order chi connectivity index (χ0) is 31.5. The van der Waals surface area contributed by atoms with Crippen molar-refractivity contribution in [3.05, 3.63) is 46.5 Å². The highest BCUT2D eigenvalue weighted by Gasteiger charge is 2.26. The van der Waals surface area contributed by atoms with E-state index in [2.05, 4.69) is 10.5 Å². The molecule has 3 aliphatic rings. The second kappa shape index (κ2) is 16.5. The van der Waals surface area contributed by atoms with E-state index in [1.165, 1.54) is 0 Å². The minimum absolute atomic E-state index is 0.0857. The molecule has 3 aliphatic heterocycles. The molecule has 1 aromatic carbocycles. The predicted molar refractivity (Wildman–Crippen MR) is 164 cm³/mol. The molecule has 44 heavy (non-hydrogen) atoms. The van der Waals surface area contributed by atoms with E-state index in [-0.39, 0.29) is 53.3 Å². The molecule has 12 nitrogen and oxygen atoms in total. The van der Waals surface area contributed by atoms with Crippen LogP contribution in [0.1, 0.15) is 54.9 Å². The lowest BCUT2D eigenvalue weighted by molar-refractivity contribution is -0.138. The van der Waals surface area contributed by atoms with Crippen molar-refractivity contribution in [3.8, 4) is 11.5 Å². The number of allylic oxidation sites excluding steroid dienone is 1. The van der Waals surface area contributed by atoms with Gasteiger partial charge in [-0.25, -0.2) is 4.79 Å². The first-order valence-corrected chi connectivity index (χ1v) is 15.4. The van der Waals surface area contributed by atoms with Gasteiger partial charge in [-0.15, -0.1) is 0 Å². The number of esters is 1. The van der Waals surface area contributed by atoms with Gasteiger partial charge in [-0.2, -0.15) is 0 Å². The maximum absolute atomic E-state index is 13.2. The van der Waals surface area contributed by atoms with E-state index < -0.39 is 29.7 Å². The van der Waals surface area contributed by atoms with Crippen LogP contribution in [-0.4, -0.2) is 108 Å². The quantitative estimate of drug-likeness (QED) is 0.244. The first-order chi connectivity index (χ1) is 21.2. The number of hydrogen-bond acceptors (Lipinski definition) is 10. The molecule has 13 heteroatoms. The summed E-state index contributed by atoms with van der Waals surface area (Å²) in [5.41, 5.74) is 0.165. The number of carbonyl (C=O) groups excluding carboxylic acids is 3. The summed E-state index contributed by atoms with van der Waals surface area (Å²) in [7, 11) is 0. The number of carbonyl (C=O) groups is 3. The van der Waals surface area contributed by atoms with Crippen LogP contribution in [0.2, 0.25) is 5.02 Å². The Morgan fingerprint density at radius 1 is 1.02 bits per heavy atom. The van der Waals surface area contributed by atoms with Crippen molar-refractivity contribution in [1.29, 1.82) is 0 Å². The van der Waals surface area contributed by atoms with Crippen LogP contribution in [0.3, 0.4) is 0 Å². The van der Waals surface area contributed by atoms with Crippen molar-refractivity contribution in [1.82, 2.24) is 15.1 Å². The van der Waals surface area contributed by atoms with E-state index in [9.17, 15) is 24.6 Å². The van der Waals surface area contributed by atoms with Gasteiger partial charge in [-0.05, 0) is 44.2 Å². The van der Waals surface area contributed by atoms with Crippen LogP contribution in [0.5, 0.6) is 11.5 Å². The number of oxime groups is 1. The summed E-state index contributed by atoms with van der Waals surface area (Å²) in [6.07, 6.45) is 9.58. The summed E-state index contributed by atoms with van der Waals surface area (Å²) in [4.78, 5) is 47.5. The Morgan fingerprint density at radius 2 is 1.73 bits per heavy atom. The highest BCUT2D eigenvalue weighted by atomic mass is 35.5. The van der Waals surface area contributed by atoms with Crippen molar-refractivity contribution < 1.29 is 38.9 Å². The summed E-state index contributed by atoms with van der Waals surface area (Å²) < 4.78 is 11.6. The van der Waals surface area contributed by atoms with E-state index in [0.717, 1.165) is 38.4 Å². The SMILES string of the molecule is CC1C/C=C/[C@@H](OCC(=O)N2CCNCC2)C/C=C/C(=N\OCC(=O)N2CCCCC2)Cc2c(Cl)c(O)cc(O)c2C(=O)O1. The molecule has 0 radical (unpaired) electrons. The molecule has 240 valence electrons. The maximum Gasteiger partial charge on any atom is 0.342 e. The van der Waals surface area contributed by atoms with E-state index in [1.807, 2.05) is 12.2 Å². The first-order valence-electron chi connectivity index (χ1n) is 15.1. The third kappa shape index (κ3) is 9.44. The number of benzene rings is 1.